The molecule has 2 aromatic rings. The Labute approximate surface area is 179 Å². The van der Waals surface area contributed by atoms with Gasteiger partial charge in [0.05, 0.1) is 5.75 Å². The van der Waals surface area contributed by atoms with E-state index in [0.717, 1.165) is 31.4 Å². The van der Waals surface area contributed by atoms with Gasteiger partial charge in [-0.2, -0.15) is 0 Å². The first-order valence-electron chi connectivity index (χ1n) is 10.6. The Morgan fingerprint density at radius 1 is 1.17 bits per heavy atom. The lowest BCUT2D eigenvalue weighted by Crippen LogP contribution is -2.46. The minimum Gasteiger partial charge on any atom is -0.327 e. The van der Waals surface area contributed by atoms with E-state index in [1.807, 2.05) is 36.4 Å². The van der Waals surface area contributed by atoms with Gasteiger partial charge in [0.15, 0.2) is 0 Å². The van der Waals surface area contributed by atoms with Crippen LogP contribution in [0.5, 0.6) is 0 Å². The van der Waals surface area contributed by atoms with Crippen LogP contribution in [0.2, 0.25) is 0 Å². The third-order valence-corrected chi connectivity index (χ3v) is 7.13. The summed E-state index contributed by atoms with van der Waals surface area (Å²) >= 11 is 0. The zero-order chi connectivity index (χ0) is 21.6. The summed E-state index contributed by atoms with van der Waals surface area (Å²) in [5, 5.41) is 0. The molecule has 1 aliphatic rings. The Hall–Kier alpha value is -1.80. The van der Waals surface area contributed by atoms with Crippen LogP contribution in [0.15, 0.2) is 54.6 Å². The summed E-state index contributed by atoms with van der Waals surface area (Å²) in [6.45, 7) is 3.46. The fraction of sp³-hybridized carbons (Fsp3) is 0.478. The predicted octanol–water partition coefficient (Wildman–Crippen LogP) is 3.06. The molecule has 7 heteroatoms. The van der Waals surface area contributed by atoms with Crippen molar-refractivity contribution in [3.05, 3.63) is 71.5 Å². The van der Waals surface area contributed by atoms with Gasteiger partial charge in [-0.3, -0.25) is 4.90 Å². The molecule has 1 unspecified atom stereocenters. The number of sulfonamides is 1. The molecule has 1 aliphatic heterocycles. The molecule has 3 rings (SSSR count). The molecule has 3 atom stereocenters. The van der Waals surface area contributed by atoms with Crippen LogP contribution in [0.4, 0.5) is 4.39 Å². The Morgan fingerprint density at radius 2 is 1.87 bits per heavy atom. The van der Waals surface area contributed by atoms with Crippen LogP contribution in [0.3, 0.4) is 0 Å². The van der Waals surface area contributed by atoms with E-state index in [1.165, 1.54) is 6.07 Å². The third kappa shape index (κ3) is 6.60. The molecule has 0 amide bonds. The van der Waals surface area contributed by atoms with Crippen molar-refractivity contribution in [2.45, 2.75) is 56.5 Å². The summed E-state index contributed by atoms with van der Waals surface area (Å²) in [6.07, 6.45) is 3.24. The van der Waals surface area contributed by atoms with Crippen molar-refractivity contribution >= 4 is 10.0 Å². The maximum atomic E-state index is 13.9. The Morgan fingerprint density at radius 3 is 2.60 bits per heavy atom. The van der Waals surface area contributed by atoms with Gasteiger partial charge in [-0.15, -0.1) is 0 Å². The van der Waals surface area contributed by atoms with Crippen LogP contribution in [0.1, 0.15) is 37.3 Å². The molecule has 5 nitrogen and oxygen atoms in total. The number of nitrogens with zero attached hydrogens (tertiary/aromatic N) is 1. The van der Waals surface area contributed by atoms with Crippen molar-refractivity contribution in [2.75, 3.05) is 13.1 Å². The normalized spacial score (nSPS) is 19.6. The zero-order valence-corrected chi connectivity index (χ0v) is 18.3. The molecule has 0 aliphatic carbocycles. The zero-order valence-electron chi connectivity index (χ0n) is 17.5. The summed E-state index contributed by atoms with van der Waals surface area (Å²) in [5.74, 6) is -0.226. The number of hydrogen-bond acceptors (Lipinski definition) is 4. The highest BCUT2D eigenvalue weighted by atomic mass is 32.2. The van der Waals surface area contributed by atoms with E-state index in [-0.39, 0.29) is 29.7 Å². The first-order chi connectivity index (χ1) is 14.3. The van der Waals surface area contributed by atoms with E-state index in [4.69, 9.17) is 5.73 Å². The summed E-state index contributed by atoms with van der Waals surface area (Å²) in [7, 11) is -3.38. The van der Waals surface area contributed by atoms with Gasteiger partial charge in [-0.1, -0.05) is 48.5 Å². The molecule has 1 heterocycles. The van der Waals surface area contributed by atoms with Crippen LogP contribution in [-0.2, 0) is 22.2 Å². The molecule has 2 aromatic carbocycles. The van der Waals surface area contributed by atoms with Crippen molar-refractivity contribution in [1.29, 1.82) is 0 Å². The van der Waals surface area contributed by atoms with Crippen molar-refractivity contribution in [3.63, 3.8) is 0 Å². The predicted molar refractivity (Wildman–Crippen MR) is 119 cm³/mol. The van der Waals surface area contributed by atoms with Crippen molar-refractivity contribution in [2.24, 2.45) is 5.73 Å². The van der Waals surface area contributed by atoms with Crippen molar-refractivity contribution < 1.29 is 12.8 Å². The Balaban J connectivity index is 1.51. The number of nitrogens with two attached hydrogens (primary N) is 1. The first kappa shape index (κ1) is 22.9. The SMILES string of the molecule is CC(C[C@H](N)Cc1ccccc1F)N1CCC[C@H]1CNS(=O)(=O)Cc1ccccc1. The number of rotatable bonds is 10. The van der Waals surface area contributed by atoms with Gasteiger partial charge in [0.2, 0.25) is 10.0 Å². The van der Waals surface area contributed by atoms with Gasteiger partial charge >= 0.3 is 0 Å². The average molecular weight is 434 g/mol. The third-order valence-electron chi connectivity index (χ3n) is 5.81. The van der Waals surface area contributed by atoms with E-state index in [1.54, 1.807) is 12.1 Å². The average Bonchev–Trinajstić information content (AvgIpc) is 3.18. The van der Waals surface area contributed by atoms with Crippen LogP contribution in [0, 0.1) is 5.82 Å². The van der Waals surface area contributed by atoms with Crippen LogP contribution >= 0.6 is 0 Å². The molecule has 1 saturated heterocycles. The highest BCUT2D eigenvalue weighted by Crippen LogP contribution is 2.23. The summed E-state index contributed by atoms with van der Waals surface area (Å²) < 4.78 is 41.6. The Bertz CT molecular complexity index is 908. The standard InChI is InChI=1S/C23H32FN3O2S/c1-18(14-21(25)15-20-10-5-6-12-23(20)24)27-13-7-11-22(27)16-26-30(28,29)17-19-8-3-2-4-9-19/h2-6,8-10,12,18,21-22,26H,7,11,13-17,25H2,1H3/t18?,21-,22-/m0/s1. The molecule has 1 fully saturated rings. The maximum absolute atomic E-state index is 13.9. The largest absolute Gasteiger partial charge is 0.327 e. The molecule has 0 bridgehead atoms. The second kappa shape index (κ2) is 10.5. The second-order valence-electron chi connectivity index (χ2n) is 8.27. The lowest BCUT2D eigenvalue weighted by Gasteiger charge is -2.32. The van der Waals surface area contributed by atoms with Gasteiger partial charge in [0.25, 0.3) is 0 Å². The highest BCUT2D eigenvalue weighted by molar-refractivity contribution is 7.88. The second-order valence-corrected chi connectivity index (χ2v) is 10.1. The Kier molecular flexibility index (Phi) is 7.99. The first-order valence-corrected chi connectivity index (χ1v) is 12.3. The molecule has 0 radical (unpaired) electrons. The number of benzene rings is 2. The number of nitrogens with one attached hydrogen (secondary N) is 1. The molecule has 0 aromatic heterocycles. The fourth-order valence-electron chi connectivity index (χ4n) is 4.33. The van der Waals surface area contributed by atoms with Gasteiger partial charge in [0.1, 0.15) is 5.82 Å². The summed E-state index contributed by atoms with van der Waals surface area (Å²) in [6, 6.07) is 16.2. The van der Waals surface area contributed by atoms with E-state index >= 15 is 0 Å². The van der Waals surface area contributed by atoms with Crippen LogP contribution in [-0.4, -0.2) is 44.5 Å². The molecular weight excluding hydrogens is 401 g/mol. The van der Waals surface area contributed by atoms with Crippen LogP contribution in [0.25, 0.3) is 0 Å². The van der Waals surface area contributed by atoms with Crippen molar-refractivity contribution in [1.82, 2.24) is 9.62 Å². The monoisotopic (exact) mass is 433 g/mol. The van der Waals surface area contributed by atoms with Crippen LogP contribution < -0.4 is 10.5 Å². The van der Waals surface area contributed by atoms with E-state index < -0.39 is 10.0 Å². The molecule has 164 valence electrons. The van der Waals surface area contributed by atoms with Gasteiger partial charge in [-0.05, 0) is 56.3 Å². The molecule has 3 N–H and O–H groups in total. The minimum atomic E-state index is -3.38. The van der Waals surface area contributed by atoms with E-state index in [2.05, 4.69) is 16.5 Å². The molecule has 0 spiro atoms. The molecule has 0 saturated carbocycles. The smallest absolute Gasteiger partial charge is 0.215 e. The van der Waals surface area contributed by atoms with Gasteiger partial charge in [0, 0.05) is 24.7 Å². The highest BCUT2D eigenvalue weighted by Gasteiger charge is 2.30. The fourth-order valence-corrected chi connectivity index (χ4v) is 5.51. The summed E-state index contributed by atoms with van der Waals surface area (Å²) in [4.78, 5) is 2.34. The minimum absolute atomic E-state index is 0.0103. The lowest BCUT2D eigenvalue weighted by molar-refractivity contribution is 0.176. The van der Waals surface area contributed by atoms with E-state index in [0.29, 0.717) is 18.5 Å². The number of halogens is 1. The molecule has 30 heavy (non-hydrogen) atoms. The molecular formula is C23H32FN3O2S. The van der Waals surface area contributed by atoms with Gasteiger partial charge < -0.3 is 5.73 Å². The topological polar surface area (TPSA) is 75.4 Å². The summed E-state index contributed by atoms with van der Waals surface area (Å²) in [5.41, 5.74) is 7.73. The lowest BCUT2D eigenvalue weighted by atomic mass is 9.99. The quantitative estimate of drug-likeness (QED) is 0.604. The van der Waals surface area contributed by atoms with Crippen molar-refractivity contribution in [3.8, 4) is 0 Å². The van der Waals surface area contributed by atoms with E-state index in [9.17, 15) is 12.8 Å². The number of hydrogen-bond donors (Lipinski definition) is 2. The number of likely N-dealkylation sites (tertiary alicyclic amines) is 1. The maximum Gasteiger partial charge on any atom is 0.215 e. The van der Waals surface area contributed by atoms with Gasteiger partial charge in [-0.25, -0.2) is 17.5 Å².